The minimum atomic E-state index is -0.521. The molecule has 0 unspecified atom stereocenters. The van der Waals surface area contributed by atoms with E-state index < -0.39 is 6.04 Å². The summed E-state index contributed by atoms with van der Waals surface area (Å²) in [5.41, 5.74) is 1.19. The number of nitrogens with one attached hydrogen (secondary N) is 1. The molecule has 0 radical (unpaired) electrons. The molecule has 1 aromatic carbocycles. The Morgan fingerprint density at radius 2 is 1.90 bits per heavy atom. The number of amides is 2. The molecule has 1 aliphatic heterocycles. The van der Waals surface area contributed by atoms with Crippen LogP contribution >= 0.6 is 22.9 Å². The van der Waals surface area contributed by atoms with Gasteiger partial charge in [-0.2, -0.15) is 0 Å². The van der Waals surface area contributed by atoms with E-state index in [2.05, 4.69) is 31.3 Å². The molecule has 0 bridgehead atoms. The molecule has 2 atom stereocenters. The highest BCUT2D eigenvalue weighted by Crippen LogP contribution is 2.42. The van der Waals surface area contributed by atoms with Crippen molar-refractivity contribution in [1.29, 1.82) is 0 Å². The fraction of sp³-hybridized carbons (Fsp3) is 0.478. The van der Waals surface area contributed by atoms with Crippen LogP contribution in [0.15, 0.2) is 41.8 Å². The van der Waals surface area contributed by atoms with Crippen LogP contribution in [0.25, 0.3) is 0 Å². The summed E-state index contributed by atoms with van der Waals surface area (Å²) in [4.78, 5) is 28.4. The molecule has 1 aromatic heterocycles. The van der Waals surface area contributed by atoms with Gasteiger partial charge in [0, 0.05) is 18.1 Å². The van der Waals surface area contributed by atoms with Gasteiger partial charge in [0.25, 0.3) is 5.91 Å². The van der Waals surface area contributed by atoms with Crippen molar-refractivity contribution < 1.29 is 9.59 Å². The van der Waals surface area contributed by atoms with Gasteiger partial charge >= 0.3 is 0 Å². The first kappa shape index (κ1) is 21.8. The Bertz CT molecular complexity index is 846. The minimum Gasteiger partial charge on any atom is -0.340 e. The Kier molecular flexibility index (Phi) is 6.69. The summed E-state index contributed by atoms with van der Waals surface area (Å²) in [6.45, 7) is 9.72. The minimum absolute atomic E-state index is 0.00698. The van der Waals surface area contributed by atoms with Gasteiger partial charge in [0.05, 0.1) is 4.88 Å². The number of nitrogens with zero attached hydrogens (tertiary/aromatic N) is 1. The third kappa shape index (κ3) is 5.01. The van der Waals surface area contributed by atoms with Crippen molar-refractivity contribution in [3.05, 3.63) is 57.2 Å². The molecule has 0 aliphatic carbocycles. The summed E-state index contributed by atoms with van der Waals surface area (Å²) < 4.78 is 0. The number of hydrogen-bond donors (Lipinski definition) is 1. The van der Waals surface area contributed by atoms with E-state index in [0.717, 1.165) is 11.4 Å². The zero-order chi connectivity index (χ0) is 21.2. The van der Waals surface area contributed by atoms with Crippen LogP contribution in [0.3, 0.4) is 0 Å². The molecule has 1 fully saturated rings. The number of carbonyl (C=O) groups excluding carboxylic acids is 2. The van der Waals surface area contributed by atoms with Crippen LogP contribution in [-0.2, 0) is 4.79 Å². The lowest BCUT2D eigenvalue weighted by Crippen LogP contribution is -2.55. The lowest BCUT2D eigenvalue weighted by Gasteiger charge is -2.45. The largest absolute Gasteiger partial charge is 0.340 e. The predicted molar refractivity (Wildman–Crippen MR) is 120 cm³/mol. The molecule has 4 nitrogen and oxygen atoms in total. The molecule has 3 rings (SSSR count). The van der Waals surface area contributed by atoms with Crippen molar-refractivity contribution in [2.24, 2.45) is 11.3 Å². The second-order valence-corrected chi connectivity index (χ2v) is 10.2. The van der Waals surface area contributed by atoms with E-state index in [9.17, 15) is 9.59 Å². The zero-order valence-corrected chi connectivity index (χ0v) is 19.0. The average Bonchev–Trinajstić information content (AvgIpc) is 3.20. The lowest BCUT2D eigenvalue weighted by atomic mass is 9.70. The van der Waals surface area contributed by atoms with Gasteiger partial charge in [0.15, 0.2) is 0 Å². The van der Waals surface area contributed by atoms with Crippen molar-refractivity contribution in [3.8, 4) is 0 Å². The Hall–Kier alpha value is -1.85. The monoisotopic (exact) mass is 432 g/mol. The van der Waals surface area contributed by atoms with Crippen LogP contribution in [0.4, 0.5) is 0 Å². The fourth-order valence-electron chi connectivity index (χ4n) is 4.19. The second-order valence-electron chi connectivity index (χ2n) is 8.81. The maximum Gasteiger partial charge on any atom is 0.262 e. The average molecular weight is 433 g/mol. The number of benzene rings is 1. The quantitative estimate of drug-likeness (QED) is 0.706. The third-order valence-electron chi connectivity index (χ3n) is 5.78. The zero-order valence-electron chi connectivity index (χ0n) is 17.4. The highest BCUT2D eigenvalue weighted by atomic mass is 35.5. The molecular formula is C23H29ClN2O2S. The molecule has 6 heteroatoms. The molecule has 1 saturated heterocycles. The Morgan fingerprint density at radius 3 is 2.45 bits per heavy atom. The summed E-state index contributed by atoms with van der Waals surface area (Å²) in [7, 11) is 0. The van der Waals surface area contributed by atoms with Crippen molar-refractivity contribution >= 4 is 34.8 Å². The highest BCUT2D eigenvalue weighted by molar-refractivity contribution is 7.12. The molecule has 0 spiro atoms. The Morgan fingerprint density at radius 1 is 1.21 bits per heavy atom. The van der Waals surface area contributed by atoms with E-state index in [1.807, 2.05) is 42.3 Å². The van der Waals surface area contributed by atoms with Crippen molar-refractivity contribution in [2.45, 2.75) is 46.1 Å². The fourth-order valence-corrected chi connectivity index (χ4v) is 4.94. The van der Waals surface area contributed by atoms with E-state index in [-0.39, 0.29) is 23.1 Å². The second kappa shape index (κ2) is 8.88. The van der Waals surface area contributed by atoms with Gasteiger partial charge in [0.2, 0.25) is 5.91 Å². The smallest absolute Gasteiger partial charge is 0.262 e. The molecule has 156 valence electrons. The molecule has 2 amide bonds. The van der Waals surface area contributed by atoms with E-state index in [1.54, 1.807) is 6.07 Å². The number of hydrogen-bond acceptors (Lipinski definition) is 3. The first-order chi connectivity index (χ1) is 13.7. The molecule has 2 heterocycles. The van der Waals surface area contributed by atoms with E-state index in [0.29, 0.717) is 23.9 Å². The molecular weight excluding hydrogens is 404 g/mol. The maximum absolute atomic E-state index is 13.3. The van der Waals surface area contributed by atoms with Gasteiger partial charge < -0.3 is 10.2 Å². The van der Waals surface area contributed by atoms with Crippen LogP contribution in [-0.4, -0.2) is 35.8 Å². The molecule has 2 aromatic rings. The number of rotatable bonds is 5. The van der Waals surface area contributed by atoms with Gasteiger partial charge in [-0.1, -0.05) is 57.5 Å². The SMILES string of the molecule is CC(C)[C@@H](NC(=O)c1cccs1)C(=O)N1CC[C@H](c2ccc(Cl)cc2)C(C)(C)C1. The first-order valence-electron chi connectivity index (χ1n) is 10.1. The van der Waals surface area contributed by atoms with Gasteiger partial charge in [-0.15, -0.1) is 11.3 Å². The van der Waals surface area contributed by atoms with Gasteiger partial charge in [0.1, 0.15) is 6.04 Å². The molecule has 1 N–H and O–H groups in total. The summed E-state index contributed by atoms with van der Waals surface area (Å²) in [6.07, 6.45) is 0.893. The van der Waals surface area contributed by atoms with E-state index in [4.69, 9.17) is 11.6 Å². The van der Waals surface area contributed by atoms with Gasteiger partial charge in [-0.3, -0.25) is 9.59 Å². The molecule has 0 saturated carbocycles. The topological polar surface area (TPSA) is 49.4 Å². The maximum atomic E-state index is 13.3. The summed E-state index contributed by atoms with van der Waals surface area (Å²) in [6, 6.07) is 11.1. The normalized spacial score (nSPS) is 19.8. The third-order valence-corrected chi connectivity index (χ3v) is 6.90. The number of halogens is 1. The highest BCUT2D eigenvalue weighted by Gasteiger charge is 2.40. The Balaban J connectivity index is 1.71. The molecule has 29 heavy (non-hydrogen) atoms. The number of piperidine rings is 1. The summed E-state index contributed by atoms with van der Waals surface area (Å²) in [5.74, 6) is 0.209. The van der Waals surface area contributed by atoms with Crippen LogP contribution < -0.4 is 5.32 Å². The van der Waals surface area contributed by atoms with Crippen LogP contribution in [0.1, 0.15) is 55.3 Å². The standard InChI is InChI=1S/C23H29ClN2O2S/c1-15(2)20(25-21(27)19-6-5-13-29-19)22(28)26-12-11-18(23(3,4)14-26)16-7-9-17(24)10-8-16/h5-10,13,15,18,20H,11-12,14H2,1-4H3,(H,25,27)/t18-,20-/m1/s1. The van der Waals surface area contributed by atoms with Gasteiger partial charge in [-0.25, -0.2) is 0 Å². The van der Waals surface area contributed by atoms with E-state index >= 15 is 0 Å². The number of carbonyl (C=O) groups is 2. The molecule has 1 aliphatic rings. The van der Waals surface area contributed by atoms with E-state index in [1.165, 1.54) is 16.9 Å². The van der Waals surface area contributed by atoms with Crippen molar-refractivity contribution in [3.63, 3.8) is 0 Å². The van der Waals surface area contributed by atoms with Crippen molar-refractivity contribution in [1.82, 2.24) is 10.2 Å². The van der Waals surface area contributed by atoms with Crippen LogP contribution in [0, 0.1) is 11.3 Å². The first-order valence-corrected chi connectivity index (χ1v) is 11.3. The van der Waals surface area contributed by atoms with Crippen LogP contribution in [0.5, 0.6) is 0 Å². The summed E-state index contributed by atoms with van der Waals surface area (Å²) >= 11 is 7.43. The Labute approximate surface area is 182 Å². The number of thiophene rings is 1. The van der Waals surface area contributed by atoms with Gasteiger partial charge in [-0.05, 0) is 52.8 Å². The lowest BCUT2D eigenvalue weighted by molar-refractivity contribution is -0.137. The summed E-state index contributed by atoms with van der Waals surface area (Å²) in [5, 5.41) is 5.56. The predicted octanol–water partition coefficient (Wildman–Crippen LogP) is 5.20. The van der Waals surface area contributed by atoms with Crippen molar-refractivity contribution in [2.75, 3.05) is 13.1 Å². The number of likely N-dealkylation sites (tertiary alicyclic amines) is 1. The van der Waals surface area contributed by atoms with Crippen LogP contribution in [0.2, 0.25) is 5.02 Å².